The topological polar surface area (TPSA) is 112 Å². The van der Waals surface area contributed by atoms with Crippen LogP contribution in [0, 0.1) is 0 Å². The lowest BCUT2D eigenvalue weighted by Gasteiger charge is -2.41. The zero-order valence-electron chi connectivity index (χ0n) is 19.2. The fourth-order valence-electron chi connectivity index (χ4n) is 2.94. The van der Waals surface area contributed by atoms with Crippen LogP contribution in [0.5, 0.6) is 5.75 Å². The molecule has 1 heterocycles. The van der Waals surface area contributed by atoms with Gasteiger partial charge in [0.15, 0.2) is 6.10 Å². The van der Waals surface area contributed by atoms with Crippen LogP contribution in [0.4, 0.5) is 0 Å². The number of carbonyl (C=O) groups is 2. The van der Waals surface area contributed by atoms with Crippen molar-refractivity contribution in [3.63, 3.8) is 0 Å². The van der Waals surface area contributed by atoms with E-state index in [1.165, 1.54) is 0 Å². The standard InChI is InChI=1S/C22H34O8Si/c1-8-16(24)28-21-20(27-13(2)23)18(26)17(25)19(29-21)14-10-9-11-15(12-14)30-31(6,7)22(3,4)5/h9-12,17-21,25-26H,8H2,1-7H3/t17-,18+,19+,20-,21-/m0/s1. The molecule has 0 bridgehead atoms. The number of benzene rings is 1. The molecule has 1 saturated heterocycles. The van der Waals surface area contributed by atoms with Gasteiger partial charge in [0.1, 0.15) is 24.1 Å². The molecule has 1 aliphatic rings. The van der Waals surface area contributed by atoms with E-state index in [0.29, 0.717) is 11.3 Å². The quantitative estimate of drug-likeness (QED) is 0.498. The first-order valence-electron chi connectivity index (χ1n) is 10.4. The number of rotatable bonds is 6. The van der Waals surface area contributed by atoms with Gasteiger partial charge in [0.2, 0.25) is 14.6 Å². The van der Waals surface area contributed by atoms with Crippen molar-refractivity contribution in [2.75, 3.05) is 0 Å². The molecule has 0 aliphatic carbocycles. The summed E-state index contributed by atoms with van der Waals surface area (Å²) in [4.78, 5) is 23.3. The minimum Gasteiger partial charge on any atom is -0.543 e. The first-order valence-corrected chi connectivity index (χ1v) is 13.3. The van der Waals surface area contributed by atoms with Crippen LogP contribution in [0.1, 0.15) is 52.7 Å². The highest BCUT2D eigenvalue weighted by Gasteiger charge is 2.49. The lowest BCUT2D eigenvalue weighted by molar-refractivity contribution is -0.294. The summed E-state index contributed by atoms with van der Waals surface area (Å²) in [7, 11) is -2.10. The fourth-order valence-corrected chi connectivity index (χ4v) is 3.96. The second-order valence-corrected chi connectivity index (χ2v) is 14.0. The number of aliphatic hydroxyl groups is 2. The van der Waals surface area contributed by atoms with Crippen LogP contribution in [0.15, 0.2) is 24.3 Å². The van der Waals surface area contributed by atoms with Gasteiger partial charge >= 0.3 is 11.9 Å². The minimum atomic E-state index is -2.10. The summed E-state index contributed by atoms with van der Waals surface area (Å²) < 4.78 is 22.5. The molecule has 2 rings (SSSR count). The average molecular weight is 455 g/mol. The molecular formula is C22H34O8Si. The van der Waals surface area contributed by atoms with E-state index < -0.39 is 51.0 Å². The molecule has 2 N–H and O–H groups in total. The third kappa shape index (κ3) is 6.06. The molecule has 0 amide bonds. The van der Waals surface area contributed by atoms with Crippen molar-refractivity contribution in [3.05, 3.63) is 29.8 Å². The summed E-state index contributed by atoms with van der Waals surface area (Å²) >= 11 is 0. The van der Waals surface area contributed by atoms with Gasteiger partial charge in [-0.05, 0) is 35.8 Å². The van der Waals surface area contributed by atoms with Crippen LogP contribution in [0.3, 0.4) is 0 Å². The summed E-state index contributed by atoms with van der Waals surface area (Å²) in [5.41, 5.74) is 0.543. The van der Waals surface area contributed by atoms with Crippen LogP contribution < -0.4 is 4.43 Å². The molecule has 0 saturated carbocycles. The average Bonchev–Trinajstić information content (AvgIpc) is 2.66. The summed E-state index contributed by atoms with van der Waals surface area (Å²) in [6.07, 6.45) is -6.56. The van der Waals surface area contributed by atoms with Crippen molar-refractivity contribution in [2.45, 2.75) is 89.9 Å². The molecule has 1 fully saturated rings. The molecular weight excluding hydrogens is 420 g/mol. The van der Waals surface area contributed by atoms with Crippen LogP contribution in [-0.2, 0) is 23.8 Å². The summed E-state index contributed by atoms with van der Waals surface area (Å²) in [5.74, 6) is -0.654. The monoisotopic (exact) mass is 454 g/mol. The third-order valence-corrected chi connectivity index (χ3v) is 10.1. The summed E-state index contributed by atoms with van der Waals surface area (Å²) in [5, 5.41) is 21.3. The Morgan fingerprint density at radius 3 is 2.32 bits per heavy atom. The Bertz CT molecular complexity index is 788. The second-order valence-electron chi connectivity index (χ2n) is 9.26. The fraction of sp³-hybridized carbons (Fsp3) is 0.636. The Labute approximate surface area is 184 Å². The van der Waals surface area contributed by atoms with E-state index in [1.54, 1.807) is 25.1 Å². The van der Waals surface area contributed by atoms with Crippen molar-refractivity contribution in [2.24, 2.45) is 0 Å². The van der Waals surface area contributed by atoms with Crippen LogP contribution in [0.25, 0.3) is 0 Å². The largest absolute Gasteiger partial charge is 0.543 e. The molecule has 0 radical (unpaired) electrons. The highest BCUT2D eigenvalue weighted by atomic mass is 28.4. The predicted octanol–water partition coefficient (Wildman–Crippen LogP) is 3.07. The van der Waals surface area contributed by atoms with Gasteiger partial charge in [-0.2, -0.15) is 0 Å². The third-order valence-electron chi connectivity index (χ3n) is 5.75. The zero-order valence-corrected chi connectivity index (χ0v) is 20.2. The number of aliphatic hydroxyl groups excluding tert-OH is 2. The molecule has 1 aromatic rings. The van der Waals surface area contributed by atoms with Gasteiger partial charge < -0.3 is 28.8 Å². The molecule has 31 heavy (non-hydrogen) atoms. The highest BCUT2D eigenvalue weighted by Crippen LogP contribution is 2.39. The number of hydrogen-bond donors (Lipinski definition) is 2. The number of esters is 2. The zero-order chi connectivity index (χ0) is 23.6. The minimum absolute atomic E-state index is 0.00322. The maximum absolute atomic E-state index is 11.8. The maximum atomic E-state index is 11.8. The molecule has 5 atom stereocenters. The number of hydrogen-bond acceptors (Lipinski definition) is 8. The first kappa shape index (κ1) is 25.3. The predicted molar refractivity (Wildman–Crippen MR) is 116 cm³/mol. The first-order chi connectivity index (χ1) is 14.3. The lowest BCUT2D eigenvalue weighted by atomic mass is 9.93. The smallest absolute Gasteiger partial charge is 0.307 e. The van der Waals surface area contributed by atoms with Crippen molar-refractivity contribution in [3.8, 4) is 5.75 Å². The molecule has 1 aliphatic heterocycles. The van der Waals surface area contributed by atoms with E-state index in [-0.39, 0.29) is 11.5 Å². The van der Waals surface area contributed by atoms with Crippen LogP contribution in [0.2, 0.25) is 18.1 Å². The van der Waals surface area contributed by atoms with Gasteiger partial charge in [0, 0.05) is 13.3 Å². The van der Waals surface area contributed by atoms with E-state index in [1.807, 2.05) is 6.07 Å². The van der Waals surface area contributed by atoms with Gasteiger partial charge in [-0.3, -0.25) is 9.59 Å². The van der Waals surface area contributed by atoms with Crippen LogP contribution >= 0.6 is 0 Å². The van der Waals surface area contributed by atoms with E-state index in [0.717, 1.165) is 6.92 Å². The number of ether oxygens (including phenoxy) is 3. The molecule has 0 aromatic heterocycles. The van der Waals surface area contributed by atoms with Gasteiger partial charge in [0.25, 0.3) is 0 Å². The maximum Gasteiger partial charge on any atom is 0.307 e. The molecule has 0 spiro atoms. The van der Waals surface area contributed by atoms with Crippen molar-refractivity contribution in [1.82, 2.24) is 0 Å². The Morgan fingerprint density at radius 2 is 1.77 bits per heavy atom. The Hall–Kier alpha value is -1.94. The summed E-state index contributed by atoms with van der Waals surface area (Å²) in [6.45, 7) is 13.4. The van der Waals surface area contributed by atoms with Crippen molar-refractivity contribution >= 4 is 20.3 Å². The summed E-state index contributed by atoms with van der Waals surface area (Å²) in [6, 6.07) is 7.06. The molecule has 0 unspecified atom stereocenters. The van der Waals surface area contributed by atoms with E-state index in [4.69, 9.17) is 18.6 Å². The lowest BCUT2D eigenvalue weighted by Crippen LogP contribution is -2.56. The Morgan fingerprint density at radius 1 is 1.13 bits per heavy atom. The van der Waals surface area contributed by atoms with E-state index >= 15 is 0 Å². The van der Waals surface area contributed by atoms with Gasteiger partial charge in [0.05, 0.1) is 0 Å². The Balaban J connectivity index is 2.33. The molecule has 9 heteroatoms. The Kier molecular flexibility index (Phi) is 7.91. The molecule has 8 nitrogen and oxygen atoms in total. The molecule has 174 valence electrons. The molecule has 1 aromatic carbocycles. The SMILES string of the molecule is CCC(=O)O[C@H]1O[C@H](c2cccc(O[Si](C)(C)C(C)(C)C)c2)[C@@H](O)[C@@H](O)[C@@H]1OC(C)=O. The van der Waals surface area contributed by atoms with Gasteiger partial charge in [-0.1, -0.05) is 39.8 Å². The highest BCUT2D eigenvalue weighted by molar-refractivity contribution is 6.74. The van der Waals surface area contributed by atoms with E-state index in [9.17, 15) is 19.8 Å². The van der Waals surface area contributed by atoms with Crippen molar-refractivity contribution < 1.29 is 38.4 Å². The number of carbonyl (C=O) groups excluding carboxylic acids is 2. The van der Waals surface area contributed by atoms with Crippen molar-refractivity contribution in [1.29, 1.82) is 0 Å². The van der Waals surface area contributed by atoms with Gasteiger partial charge in [-0.25, -0.2) is 0 Å². The van der Waals surface area contributed by atoms with Crippen LogP contribution in [-0.4, -0.2) is 55.1 Å². The second kappa shape index (κ2) is 9.68. The van der Waals surface area contributed by atoms with Gasteiger partial charge in [-0.15, -0.1) is 0 Å². The van der Waals surface area contributed by atoms with E-state index in [2.05, 4.69) is 33.9 Å². The normalized spacial score (nSPS) is 26.8.